The summed E-state index contributed by atoms with van der Waals surface area (Å²) in [5.41, 5.74) is 5.55. The Morgan fingerprint density at radius 3 is 2.17 bits per heavy atom. The van der Waals surface area contributed by atoms with Crippen molar-refractivity contribution in [3.63, 3.8) is 0 Å². The highest BCUT2D eigenvalue weighted by atomic mass is 16.2. The van der Waals surface area contributed by atoms with Crippen LogP contribution < -0.4 is 5.73 Å². The lowest BCUT2D eigenvalue weighted by Gasteiger charge is -2.28. The van der Waals surface area contributed by atoms with Gasteiger partial charge in [-0.2, -0.15) is 0 Å². The molecule has 1 saturated carbocycles. The van der Waals surface area contributed by atoms with E-state index in [1.54, 1.807) is 0 Å². The van der Waals surface area contributed by atoms with Gasteiger partial charge in [-0.05, 0) is 38.4 Å². The average molecular weight is 251 g/mol. The number of piperidine rings is 2. The first-order chi connectivity index (χ1) is 8.74. The number of carbonyl (C=O) groups excluding carboxylic acids is 2. The number of likely N-dealkylation sites (tertiary alicyclic amines) is 2. The van der Waals surface area contributed by atoms with Gasteiger partial charge in [0.2, 0.25) is 11.8 Å². The Hall–Kier alpha value is -0.940. The molecule has 2 unspecified atom stereocenters. The third-order valence-corrected chi connectivity index (χ3v) is 4.63. The molecule has 2 N–H and O–H groups in total. The average Bonchev–Trinajstić information content (AvgIpc) is 3.08. The number of carbonyl (C=O) groups is 2. The third kappa shape index (κ3) is 1.86. The standard InChI is InChI=1S/C13H21N3O2/c14-8-9-10-11(9)13(18)16(12(10)17)7-6-15-4-2-1-3-5-15/h9-11H,1-8,14H2. The lowest BCUT2D eigenvalue weighted by Crippen LogP contribution is -2.42. The van der Waals surface area contributed by atoms with Gasteiger partial charge in [0.1, 0.15) is 0 Å². The van der Waals surface area contributed by atoms with Gasteiger partial charge in [0, 0.05) is 13.1 Å². The first kappa shape index (κ1) is 12.1. The summed E-state index contributed by atoms with van der Waals surface area (Å²) in [5, 5.41) is 0. The smallest absolute Gasteiger partial charge is 0.233 e. The zero-order chi connectivity index (χ0) is 12.7. The van der Waals surface area contributed by atoms with Gasteiger partial charge in [0.25, 0.3) is 0 Å². The molecular formula is C13H21N3O2. The van der Waals surface area contributed by atoms with Crippen LogP contribution in [0, 0.1) is 17.8 Å². The molecule has 18 heavy (non-hydrogen) atoms. The van der Waals surface area contributed by atoms with Crippen molar-refractivity contribution >= 4 is 11.8 Å². The predicted molar refractivity (Wildman–Crippen MR) is 66.5 cm³/mol. The minimum absolute atomic E-state index is 0.0254. The van der Waals surface area contributed by atoms with Crippen molar-refractivity contribution in [3.8, 4) is 0 Å². The van der Waals surface area contributed by atoms with Crippen LogP contribution in [0.15, 0.2) is 0 Å². The topological polar surface area (TPSA) is 66.6 Å². The lowest BCUT2D eigenvalue weighted by molar-refractivity contribution is -0.142. The van der Waals surface area contributed by atoms with E-state index in [-0.39, 0.29) is 29.6 Å². The molecule has 2 aliphatic heterocycles. The molecule has 5 nitrogen and oxygen atoms in total. The Balaban J connectivity index is 1.52. The molecule has 2 heterocycles. The van der Waals surface area contributed by atoms with Crippen molar-refractivity contribution in [2.45, 2.75) is 19.3 Å². The van der Waals surface area contributed by atoms with Gasteiger partial charge < -0.3 is 10.6 Å². The van der Waals surface area contributed by atoms with Gasteiger partial charge in [-0.25, -0.2) is 0 Å². The van der Waals surface area contributed by atoms with Crippen LogP contribution in [-0.4, -0.2) is 54.3 Å². The number of hydrogen-bond acceptors (Lipinski definition) is 4. The molecule has 3 fully saturated rings. The second-order valence-corrected chi connectivity index (χ2v) is 5.68. The summed E-state index contributed by atoms with van der Waals surface area (Å²) in [6.07, 6.45) is 3.78. The fraction of sp³-hybridized carbons (Fsp3) is 0.846. The normalized spacial score (nSPS) is 36.1. The monoisotopic (exact) mass is 251 g/mol. The minimum atomic E-state index is -0.0798. The van der Waals surface area contributed by atoms with Crippen LogP contribution in [0.1, 0.15) is 19.3 Å². The molecule has 0 aromatic carbocycles. The highest BCUT2D eigenvalue weighted by Gasteiger charge is 2.66. The Morgan fingerprint density at radius 1 is 1.00 bits per heavy atom. The van der Waals surface area contributed by atoms with E-state index in [4.69, 9.17) is 5.73 Å². The number of fused-ring (bicyclic) bond motifs is 1. The van der Waals surface area contributed by atoms with Gasteiger partial charge in [0.15, 0.2) is 0 Å². The number of amides is 2. The van der Waals surface area contributed by atoms with Crippen molar-refractivity contribution in [2.24, 2.45) is 23.5 Å². The van der Waals surface area contributed by atoms with E-state index in [1.165, 1.54) is 24.2 Å². The summed E-state index contributed by atoms with van der Waals surface area (Å²) in [6.45, 7) is 4.09. The second kappa shape index (κ2) is 4.63. The Kier molecular flexibility index (Phi) is 3.11. The summed E-state index contributed by atoms with van der Waals surface area (Å²) < 4.78 is 0. The molecular weight excluding hydrogens is 230 g/mol. The van der Waals surface area contributed by atoms with Crippen LogP contribution in [0.25, 0.3) is 0 Å². The third-order valence-electron chi connectivity index (χ3n) is 4.63. The Labute approximate surface area is 107 Å². The SMILES string of the molecule is NCC1C2C(=O)N(CCN3CCCCC3)C(=O)C12. The number of hydrogen-bond donors (Lipinski definition) is 1. The molecule has 0 bridgehead atoms. The van der Waals surface area contributed by atoms with Gasteiger partial charge >= 0.3 is 0 Å². The van der Waals surface area contributed by atoms with Crippen LogP contribution in [0.3, 0.4) is 0 Å². The molecule has 0 aromatic heterocycles. The van der Waals surface area contributed by atoms with Crippen LogP contribution in [0.5, 0.6) is 0 Å². The van der Waals surface area contributed by atoms with Gasteiger partial charge in [0.05, 0.1) is 11.8 Å². The van der Waals surface area contributed by atoms with E-state index >= 15 is 0 Å². The van der Waals surface area contributed by atoms with Crippen molar-refractivity contribution in [3.05, 3.63) is 0 Å². The van der Waals surface area contributed by atoms with E-state index in [0.717, 1.165) is 19.6 Å². The molecule has 2 amide bonds. The molecule has 0 aromatic rings. The van der Waals surface area contributed by atoms with Crippen molar-refractivity contribution < 1.29 is 9.59 Å². The zero-order valence-corrected chi connectivity index (χ0v) is 10.7. The molecule has 5 heteroatoms. The quantitative estimate of drug-likeness (QED) is 0.694. The summed E-state index contributed by atoms with van der Waals surface area (Å²) >= 11 is 0. The molecule has 0 spiro atoms. The predicted octanol–water partition coefficient (Wildman–Crippen LogP) is -0.338. The molecule has 1 aliphatic carbocycles. The number of nitrogens with zero attached hydrogens (tertiary/aromatic N) is 2. The number of nitrogens with two attached hydrogens (primary N) is 1. The highest BCUT2D eigenvalue weighted by molar-refractivity contribution is 6.09. The van der Waals surface area contributed by atoms with Crippen LogP contribution in [0.2, 0.25) is 0 Å². The molecule has 2 atom stereocenters. The van der Waals surface area contributed by atoms with Crippen LogP contribution >= 0.6 is 0 Å². The molecule has 100 valence electrons. The molecule has 2 saturated heterocycles. The zero-order valence-electron chi connectivity index (χ0n) is 10.7. The summed E-state index contributed by atoms with van der Waals surface area (Å²) in [4.78, 5) is 27.9. The van der Waals surface area contributed by atoms with Crippen molar-refractivity contribution in [1.29, 1.82) is 0 Å². The number of imide groups is 1. The Bertz CT molecular complexity index is 343. The maximum atomic E-state index is 12.0. The van der Waals surface area contributed by atoms with E-state index in [9.17, 15) is 9.59 Å². The van der Waals surface area contributed by atoms with Crippen molar-refractivity contribution in [2.75, 3.05) is 32.7 Å². The highest BCUT2D eigenvalue weighted by Crippen LogP contribution is 2.52. The maximum Gasteiger partial charge on any atom is 0.233 e. The fourth-order valence-electron chi connectivity index (χ4n) is 3.45. The first-order valence-corrected chi connectivity index (χ1v) is 7.01. The fourth-order valence-corrected chi connectivity index (χ4v) is 3.45. The largest absolute Gasteiger partial charge is 0.330 e. The van der Waals surface area contributed by atoms with E-state index in [2.05, 4.69) is 4.90 Å². The van der Waals surface area contributed by atoms with E-state index in [0.29, 0.717) is 13.1 Å². The van der Waals surface area contributed by atoms with Gasteiger partial charge in [-0.3, -0.25) is 14.5 Å². The summed E-state index contributed by atoms with van der Waals surface area (Å²) in [7, 11) is 0. The summed E-state index contributed by atoms with van der Waals surface area (Å²) in [6, 6.07) is 0. The maximum absolute atomic E-state index is 12.0. The second-order valence-electron chi connectivity index (χ2n) is 5.68. The van der Waals surface area contributed by atoms with Crippen molar-refractivity contribution in [1.82, 2.24) is 9.80 Å². The van der Waals surface area contributed by atoms with E-state index < -0.39 is 0 Å². The summed E-state index contributed by atoms with van der Waals surface area (Å²) in [5.74, 6) is 0.0267. The minimum Gasteiger partial charge on any atom is -0.330 e. The number of rotatable bonds is 4. The molecule has 3 rings (SSSR count). The first-order valence-electron chi connectivity index (χ1n) is 7.01. The van der Waals surface area contributed by atoms with Gasteiger partial charge in [-0.1, -0.05) is 6.42 Å². The Morgan fingerprint density at radius 2 is 1.61 bits per heavy atom. The molecule has 0 radical (unpaired) electrons. The van der Waals surface area contributed by atoms with Crippen LogP contribution in [0.4, 0.5) is 0 Å². The molecule has 3 aliphatic rings. The van der Waals surface area contributed by atoms with Crippen LogP contribution in [-0.2, 0) is 9.59 Å². The van der Waals surface area contributed by atoms with Gasteiger partial charge in [-0.15, -0.1) is 0 Å². The van der Waals surface area contributed by atoms with E-state index in [1.807, 2.05) is 0 Å². The lowest BCUT2D eigenvalue weighted by atomic mass is 10.1.